The minimum absolute atomic E-state index is 0.185. The molecule has 0 amide bonds. The second-order valence-electron chi connectivity index (χ2n) is 19.5. The van der Waals surface area contributed by atoms with Gasteiger partial charge in [0, 0.05) is 33.9 Å². The summed E-state index contributed by atoms with van der Waals surface area (Å²) < 4.78 is 47.7. The van der Waals surface area contributed by atoms with Crippen LogP contribution in [0.15, 0.2) is 281 Å². The fraction of sp³-hybridized carbons (Fsp3) is 0. The van der Waals surface area contributed by atoms with Crippen LogP contribution < -0.4 is 29.1 Å². The summed E-state index contributed by atoms with van der Waals surface area (Å²) in [6, 6.07) is 87.3. The van der Waals surface area contributed by atoms with Gasteiger partial charge in [0.15, 0.2) is 23.0 Å². The SMILES string of the molecule is O=S(=O)(c1ccc(N2c3ccccc3Oc3ccccc32)cc1)c1ccc(N2c3ccccc3Oc3cc(-c4ccc5c(c4)N(c4ccccc4)c4ccccc4N5c4ccc(-c5nnc(-c6ccccc6)o5)cc4)ccc32)cc1. The Morgan fingerprint density at radius 2 is 0.613 bits per heavy atom. The van der Waals surface area contributed by atoms with Crippen molar-refractivity contribution in [1.29, 1.82) is 0 Å². The largest absolute Gasteiger partial charge is 0.453 e. The third-order valence-electron chi connectivity index (χ3n) is 14.8. The molecule has 0 fully saturated rings. The predicted molar refractivity (Wildman–Crippen MR) is 315 cm³/mol. The Morgan fingerprint density at radius 1 is 0.275 bits per heavy atom. The molecule has 0 unspecified atom stereocenters. The minimum Gasteiger partial charge on any atom is -0.453 e. The Bertz CT molecular complexity index is 4420. The highest BCUT2D eigenvalue weighted by Crippen LogP contribution is 2.57. The van der Waals surface area contributed by atoms with Gasteiger partial charge in [0.25, 0.3) is 0 Å². The third-order valence-corrected chi connectivity index (χ3v) is 16.5. The van der Waals surface area contributed by atoms with E-state index in [-0.39, 0.29) is 9.79 Å². The minimum atomic E-state index is -3.90. The third kappa shape index (κ3) is 7.84. The van der Waals surface area contributed by atoms with E-state index in [1.807, 2.05) is 146 Å². The molecule has 0 N–H and O–H groups in total. The second kappa shape index (κ2) is 18.8. The molecule has 11 nitrogen and oxygen atoms in total. The molecule has 11 aromatic carbocycles. The number of benzene rings is 11. The van der Waals surface area contributed by atoms with Gasteiger partial charge in [-0.3, -0.25) is 0 Å². The Morgan fingerprint density at radius 3 is 1.14 bits per heavy atom. The molecule has 0 saturated carbocycles. The van der Waals surface area contributed by atoms with Crippen molar-refractivity contribution in [2.75, 3.05) is 19.6 Å². The second-order valence-corrected chi connectivity index (χ2v) is 21.4. The molecule has 12 aromatic rings. The average Bonchev–Trinajstić information content (AvgIpc) is 4.16. The summed E-state index contributed by atoms with van der Waals surface area (Å²) in [4.78, 5) is 9.19. The van der Waals surface area contributed by atoms with Crippen LogP contribution in [0.1, 0.15) is 0 Å². The van der Waals surface area contributed by atoms with Gasteiger partial charge in [-0.15, -0.1) is 10.2 Å². The number of anilines is 12. The van der Waals surface area contributed by atoms with Gasteiger partial charge >= 0.3 is 0 Å². The molecular weight excluding hydrogens is 1010 g/mol. The van der Waals surface area contributed by atoms with Crippen molar-refractivity contribution in [3.05, 3.63) is 267 Å². The molecule has 0 atom stereocenters. The highest BCUT2D eigenvalue weighted by molar-refractivity contribution is 7.91. The summed E-state index contributed by atoms with van der Waals surface area (Å²) in [6.45, 7) is 0. The topological polar surface area (TPSA) is 104 Å². The van der Waals surface area contributed by atoms with E-state index in [1.54, 1.807) is 24.3 Å². The van der Waals surface area contributed by atoms with Gasteiger partial charge in [0.2, 0.25) is 21.6 Å². The molecule has 0 saturated heterocycles. The van der Waals surface area contributed by atoms with E-state index in [2.05, 4.69) is 127 Å². The van der Waals surface area contributed by atoms with E-state index in [1.165, 1.54) is 0 Å². The van der Waals surface area contributed by atoms with Crippen molar-refractivity contribution in [2.24, 2.45) is 0 Å². The van der Waals surface area contributed by atoms with Crippen LogP contribution in [0.4, 0.5) is 68.2 Å². The van der Waals surface area contributed by atoms with Crippen LogP contribution in [0.3, 0.4) is 0 Å². The molecule has 1 aromatic heterocycles. The lowest BCUT2D eigenvalue weighted by Gasteiger charge is -2.40. The molecule has 4 heterocycles. The number of fused-ring (bicyclic) bond motifs is 6. The number of para-hydroxylation sites is 9. The predicted octanol–water partition coefficient (Wildman–Crippen LogP) is 18.3. The molecule has 0 spiro atoms. The van der Waals surface area contributed by atoms with Crippen LogP contribution in [0.2, 0.25) is 0 Å². The fourth-order valence-corrected chi connectivity index (χ4v) is 12.2. The van der Waals surface area contributed by atoms with Crippen LogP contribution in [0, 0.1) is 0 Å². The highest BCUT2D eigenvalue weighted by atomic mass is 32.2. The molecule has 80 heavy (non-hydrogen) atoms. The number of rotatable bonds is 9. The van der Waals surface area contributed by atoms with Crippen molar-refractivity contribution in [2.45, 2.75) is 9.79 Å². The summed E-state index contributed by atoms with van der Waals surface area (Å²) in [5.74, 6) is 3.69. The zero-order valence-electron chi connectivity index (χ0n) is 42.5. The van der Waals surface area contributed by atoms with E-state index in [9.17, 15) is 8.42 Å². The van der Waals surface area contributed by atoms with Gasteiger partial charge in [-0.2, -0.15) is 0 Å². The molecule has 0 radical (unpaired) electrons. The lowest BCUT2D eigenvalue weighted by atomic mass is 9.98. The first kappa shape index (κ1) is 46.6. The first-order valence-corrected chi connectivity index (χ1v) is 27.6. The maximum absolute atomic E-state index is 14.3. The molecule has 3 aliphatic heterocycles. The fourth-order valence-electron chi connectivity index (χ4n) is 11.0. The molecule has 15 rings (SSSR count). The zero-order chi connectivity index (χ0) is 53.3. The Hall–Kier alpha value is -10.7. The Labute approximate surface area is 461 Å². The number of sulfone groups is 1. The summed E-state index contributed by atoms with van der Waals surface area (Å²) in [7, 11) is -3.90. The van der Waals surface area contributed by atoms with Crippen LogP contribution in [0.25, 0.3) is 34.0 Å². The maximum Gasteiger partial charge on any atom is 0.248 e. The van der Waals surface area contributed by atoms with Gasteiger partial charge in [0.05, 0.1) is 55.3 Å². The Kier molecular flexibility index (Phi) is 10.9. The highest BCUT2D eigenvalue weighted by Gasteiger charge is 2.33. The van der Waals surface area contributed by atoms with Gasteiger partial charge < -0.3 is 33.5 Å². The van der Waals surface area contributed by atoms with E-state index in [0.29, 0.717) is 23.3 Å². The Balaban J connectivity index is 0.753. The van der Waals surface area contributed by atoms with E-state index in [4.69, 9.17) is 13.9 Å². The maximum atomic E-state index is 14.3. The van der Waals surface area contributed by atoms with Crippen LogP contribution in [0.5, 0.6) is 23.0 Å². The van der Waals surface area contributed by atoms with Crippen molar-refractivity contribution in [3.63, 3.8) is 0 Å². The number of ether oxygens (including phenoxy) is 2. The van der Waals surface area contributed by atoms with Crippen molar-refractivity contribution < 1.29 is 22.3 Å². The number of hydrogen-bond acceptors (Lipinski definition) is 11. The van der Waals surface area contributed by atoms with Gasteiger partial charge in [-0.1, -0.05) is 97.1 Å². The van der Waals surface area contributed by atoms with Gasteiger partial charge in [-0.25, -0.2) is 8.42 Å². The lowest BCUT2D eigenvalue weighted by molar-refractivity contribution is 0.477. The normalized spacial score (nSPS) is 12.9. The molecule has 382 valence electrons. The smallest absolute Gasteiger partial charge is 0.248 e. The van der Waals surface area contributed by atoms with E-state index >= 15 is 0 Å². The van der Waals surface area contributed by atoms with Crippen LogP contribution in [-0.2, 0) is 9.84 Å². The average molecular weight is 1060 g/mol. The number of hydrogen-bond donors (Lipinski definition) is 0. The summed E-state index contributed by atoms with van der Waals surface area (Å²) in [6.07, 6.45) is 0. The van der Waals surface area contributed by atoms with Crippen LogP contribution in [-0.4, -0.2) is 18.6 Å². The molecular formula is C68H44N6O5S. The lowest BCUT2D eigenvalue weighted by Crippen LogP contribution is -2.24. The van der Waals surface area contributed by atoms with Crippen molar-refractivity contribution in [3.8, 4) is 57.0 Å². The molecule has 12 heteroatoms. The van der Waals surface area contributed by atoms with Crippen molar-refractivity contribution in [1.82, 2.24) is 10.2 Å². The molecule has 0 bridgehead atoms. The molecule has 0 aliphatic carbocycles. The van der Waals surface area contributed by atoms with Crippen molar-refractivity contribution >= 4 is 78.1 Å². The summed E-state index contributed by atoms with van der Waals surface area (Å²) in [5, 5.41) is 8.72. The quantitative estimate of drug-likeness (QED) is 0.138. The number of nitrogens with zero attached hydrogens (tertiary/aromatic N) is 6. The summed E-state index contributed by atoms with van der Waals surface area (Å²) >= 11 is 0. The van der Waals surface area contributed by atoms with Crippen LogP contribution >= 0.6 is 0 Å². The first-order valence-electron chi connectivity index (χ1n) is 26.1. The number of aromatic nitrogens is 2. The van der Waals surface area contributed by atoms with E-state index < -0.39 is 9.84 Å². The van der Waals surface area contributed by atoms with E-state index in [0.717, 1.165) is 102 Å². The van der Waals surface area contributed by atoms with Gasteiger partial charge in [-0.05, 0) is 181 Å². The van der Waals surface area contributed by atoms with Gasteiger partial charge in [0.1, 0.15) is 0 Å². The standard InChI is InChI=1S/C68H44N6O5S/c75-80(76,53-37-33-51(34-38-53)73-58-21-9-12-24-63(58)77-64-25-13-10-22-59(64)73)54-39-35-52(36-40-54)74-60-23-11-14-26-65(60)78-66-44-48(30-42-61(66)74)47-29-41-57-62(43-47)72(49-17-5-2-6-18-49)56-20-8-7-19-55(56)71(57)50-31-27-46(28-32-50)68-70-69-67(79-68)45-15-3-1-4-16-45/h1-44H. The zero-order valence-corrected chi connectivity index (χ0v) is 43.4. The molecule has 3 aliphatic rings. The first-order chi connectivity index (χ1) is 39.4. The monoisotopic (exact) mass is 1060 g/mol. The summed E-state index contributed by atoms with van der Waals surface area (Å²) in [5.41, 5.74) is 14.6.